The van der Waals surface area contributed by atoms with E-state index >= 15 is 0 Å². The van der Waals surface area contributed by atoms with Gasteiger partial charge in [0.05, 0.1) is 5.92 Å². The summed E-state index contributed by atoms with van der Waals surface area (Å²) in [5, 5.41) is 0.728. The average Bonchev–Trinajstić information content (AvgIpc) is 2.67. The first-order valence-corrected chi connectivity index (χ1v) is 9.11. The van der Waals surface area contributed by atoms with Gasteiger partial charge in [-0.25, -0.2) is 0 Å². The van der Waals surface area contributed by atoms with Gasteiger partial charge in [0.15, 0.2) is 0 Å². The molecule has 1 unspecified atom stereocenters. The Hall–Kier alpha value is -2.07. The number of carbonyl (C=O) groups is 2. The smallest absolute Gasteiger partial charge is 0.245 e. The Morgan fingerprint density at radius 2 is 2.08 bits per heavy atom. The fraction of sp³-hybridized carbons (Fsp3) is 0.400. The normalized spacial score (nSPS) is 20.8. The summed E-state index contributed by atoms with van der Waals surface area (Å²) in [4.78, 5) is 28.3. The lowest BCUT2D eigenvalue weighted by molar-refractivity contribution is -0.139. The highest BCUT2D eigenvalue weighted by Gasteiger charge is 2.31. The number of benzene rings is 1. The minimum Gasteiger partial charge on any atom is -0.338 e. The van der Waals surface area contributed by atoms with E-state index in [4.69, 9.17) is 11.6 Å². The van der Waals surface area contributed by atoms with Crippen molar-refractivity contribution in [2.75, 3.05) is 26.2 Å². The summed E-state index contributed by atoms with van der Waals surface area (Å²) in [6.45, 7) is 6.08. The number of hydrogen-bond donors (Lipinski definition) is 0. The second-order valence-electron chi connectivity index (χ2n) is 6.60. The number of rotatable bonds is 3. The maximum Gasteiger partial charge on any atom is 0.245 e. The molecule has 5 heteroatoms. The zero-order valence-corrected chi connectivity index (χ0v) is 15.0. The molecule has 25 heavy (non-hydrogen) atoms. The van der Waals surface area contributed by atoms with Crippen molar-refractivity contribution in [1.82, 2.24) is 9.80 Å². The fourth-order valence-corrected chi connectivity index (χ4v) is 3.78. The Balaban J connectivity index is 1.63. The molecule has 0 bridgehead atoms. The molecule has 132 valence electrons. The summed E-state index contributed by atoms with van der Waals surface area (Å²) in [6, 6.07) is 7.83. The third kappa shape index (κ3) is 4.13. The highest BCUT2D eigenvalue weighted by molar-refractivity contribution is 6.30. The molecule has 0 saturated carbocycles. The van der Waals surface area contributed by atoms with Crippen molar-refractivity contribution in [2.45, 2.75) is 19.3 Å². The second-order valence-corrected chi connectivity index (χ2v) is 7.04. The molecule has 2 aliphatic heterocycles. The van der Waals surface area contributed by atoms with Gasteiger partial charge < -0.3 is 9.80 Å². The van der Waals surface area contributed by atoms with Crippen molar-refractivity contribution >= 4 is 29.0 Å². The zero-order valence-electron chi connectivity index (χ0n) is 14.3. The van der Waals surface area contributed by atoms with Crippen LogP contribution in [-0.4, -0.2) is 47.8 Å². The van der Waals surface area contributed by atoms with Crippen molar-refractivity contribution in [3.63, 3.8) is 0 Å². The van der Waals surface area contributed by atoms with E-state index in [0.717, 1.165) is 29.8 Å². The number of hydrogen-bond acceptors (Lipinski definition) is 2. The van der Waals surface area contributed by atoms with Crippen LogP contribution in [0.4, 0.5) is 0 Å². The molecule has 0 spiro atoms. The predicted octanol–water partition coefficient (Wildman–Crippen LogP) is 3.38. The van der Waals surface area contributed by atoms with Gasteiger partial charge >= 0.3 is 0 Å². The lowest BCUT2D eigenvalue weighted by Gasteiger charge is -2.35. The monoisotopic (exact) mass is 358 g/mol. The van der Waals surface area contributed by atoms with E-state index in [2.05, 4.69) is 18.7 Å². The molecule has 1 aromatic carbocycles. The van der Waals surface area contributed by atoms with Crippen LogP contribution < -0.4 is 0 Å². The van der Waals surface area contributed by atoms with Crippen LogP contribution in [0.1, 0.15) is 24.8 Å². The number of piperidine rings is 1. The molecule has 1 saturated heterocycles. The molecule has 2 aliphatic rings. The average molecular weight is 359 g/mol. The van der Waals surface area contributed by atoms with Gasteiger partial charge in [0.1, 0.15) is 0 Å². The van der Waals surface area contributed by atoms with E-state index in [1.165, 1.54) is 11.6 Å². The first-order chi connectivity index (χ1) is 12.1. The predicted molar refractivity (Wildman–Crippen MR) is 100 cm³/mol. The molecule has 1 aromatic rings. The molecule has 0 radical (unpaired) electrons. The molecular formula is C20H23ClN2O2. The molecule has 2 amide bonds. The number of nitrogens with zero attached hydrogens (tertiary/aromatic N) is 2. The van der Waals surface area contributed by atoms with Crippen molar-refractivity contribution in [1.29, 1.82) is 0 Å². The van der Waals surface area contributed by atoms with E-state index in [1.807, 2.05) is 23.1 Å². The maximum atomic E-state index is 12.8. The summed E-state index contributed by atoms with van der Waals surface area (Å²) >= 11 is 6.06. The largest absolute Gasteiger partial charge is 0.338 e. The van der Waals surface area contributed by atoms with Crippen LogP contribution in [0.3, 0.4) is 0 Å². The summed E-state index contributed by atoms with van der Waals surface area (Å²) in [5.74, 6) is -0.0268. The van der Waals surface area contributed by atoms with Crippen molar-refractivity contribution < 1.29 is 9.59 Å². The van der Waals surface area contributed by atoms with Crippen LogP contribution in [0.2, 0.25) is 5.02 Å². The van der Waals surface area contributed by atoms with Crippen LogP contribution in [0, 0.1) is 5.92 Å². The Bertz CT molecular complexity index is 713. The van der Waals surface area contributed by atoms with E-state index in [1.54, 1.807) is 4.90 Å². The van der Waals surface area contributed by atoms with Gasteiger partial charge in [-0.2, -0.15) is 0 Å². The third-order valence-electron chi connectivity index (χ3n) is 4.97. The minimum atomic E-state index is -0.0984. The Morgan fingerprint density at radius 1 is 1.24 bits per heavy atom. The van der Waals surface area contributed by atoms with Crippen LogP contribution in [0.15, 0.2) is 43.0 Å². The topological polar surface area (TPSA) is 40.6 Å². The van der Waals surface area contributed by atoms with Gasteiger partial charge in [0.2, 0.25) is 11.8 Å². The first kappa shape index (κ1) is 17.7. The Morgan fingerprint density at radius 3 is 2.76 bits per heavy atom. The van der Waals surface area contributed by atoms with E-state index < -0.39 is 0 Å². The number of likely N-dealkylation sites (tertiary alicyclic amines) is 1. The van der Waals surface area contributed by atoms with Gasteiger partial charge in [0, 0.05) is 31.2 Å². The first-order valence-electron chi connectivity index (χ1n) is 8.73. The standard InChI is InChI=1S/C20H23ClN2O2/c1-2-19(24)23-10-4-6-17(14-23)20(25)22-11-8-15(9-12-22)16-5-3-7-18(21)13-16/h2-3,5,7-8,13,17H,1,4,6,9-12,14H2. The van der Waals surface area contributed by atoms with Gasteiger partial charge in [-0.15, -0.1) is 0 Å². The van der Waals surface area contributed by atoms with Crippen LogP contribution in [0.25, 0.3) is 5.57 Å². The van der Waals surface area contributed by atoms with Crippen molar-refractivity contribution in [2.24, 2.45) is 5.92 Å². The molecule has 1 atom stereocenters. The molecule has 4 nitrogen and oxygen atoms in total. The SMILES string of the molecule is C=CC(=O)N1CCCC(C(=O)N2CC=C(c3cccc(Cl)c3)CC2)C1. The van der Waals surface area contributed by atoms with E-state index in [-0.39, 0.29) is 17.7 Å². The minimum absolute atomic E-state index is 0.0840. The van der Waals surface area contributed by atoms with Gasteiger partial charge in [-0.3, -0.25) is 9.59 Å². The molecule has 0 aromatic heterocycles. The van der Waals surface area contributed by atoms with E-state index in [0.29, 0.717) is 26.2 Å². The van der Waals surface area contributed by atoms with Crippen LogP contribution >= 0.6 is 11.6 Å². The number of amides is 2. The van der Waals surface area contributed by atoms with Gasteiger partial charge in [-0.1, -0.05) is 36.4 Å². The lowest BCUT2D eigenvalue weighted by atomic mass is 9.94. The molecule has 0 N–H and O–H groups in total. The zero-order chi connectivity index (χ0) is 17.8. The fourth-order valence-electron chi connectivity index (χ4n) is 3.59. The molecule has 0 aliphatic carbocycles. The molecule has 2 heterocycles. The maximum absolute atomic E-state index is 12.8. The highest BCUT2D eigenvalue weighted by Crippen LogP contribution is 2.26. The Kier molecular flexibility index (Phi) is 5.59. The summed E-state index contributed by atoms with van der Waals surface area (Å²) in [7, 11) is 0. The molecule has 3 rings (SSSR count). The van der Waals surface area contributed by atoms with Crippen LogP contribution in [-0.2, 0) is 9.59 Å². The van der Waals surface area contributed by atoms with Gasteiger partial charge in [0.25, 0.3) is 0 Å². The highest BCUT2D eigenvalue weighted by atomic mass is 35.5. The third-order valence-corrected chi connectivity index (χ3v) is 5.21. The van der Waals surface area contributed by atoms with E-state index in [9.17, 15) is 9.59 Å². The lowest BCUT2D eigenvalue weighted by Crippen LogP contribution is -2.47. The van der Waals surface area contributed by atoms with Gasteiger partial charge in [-0.05, 0) is 48.6 Å². The van der Waals surface area contributed by atoms with Crippen molar-refractivity contribution in [3.8, 4) is 0 Å². The Labute approximate surface area is 153 Å². The van der Waals surface area contributed by atoms with Crippen molar-refractivity contribution in [3.05, 3.63) is 53.6 Å². The molecular weight excluding hydrogens is 336 g/mol. The molecule has 1 fully saturated rings. The number of halogens is 1. The van der Waals surface area contributed by atoms with Crippen LogP contribution in [0.5, 0.6) is 0 Å². The summed E-state index contributed by atoms with van der Waals surface area (Å²) in [5.41, 5.74) is 2.36. The summed E-state index contributed by atoms with van der Waals surface area (Å²) < 4.78 is 0. The summed E-state index contributed by atoms with van der Waals surface area (Å²) in [6.07, 6.45) is 5.99. The quantitative estimate of drug-likeness (QED) is 0.777. The number of carbonyl (C=O) groups excluding carboxylic acids is 2. The second kappa shape index (κ2) is 7.87.